The van der Waals surface area contributed by atoms with Crippen LogP contribution in [0.15, 0.2) is 22.9 Å². The summed E-state index contributed by atoms with van der Waals surface area (Å²) in [6.45, 7) is 4.71. The van der Waals surface area contributed by atoms with Crippen molar-refractivity contribution < 1.29 is 9.63 Å². The van der Waals surface area contributed by atoms with Gasteiger partial charge in [-0.1, -0.05) is 5.16 Å². The van der Waals surface area contributed by atoms with Crippen LogP contribution in [-0.4, -0.2) is 27.6 Å². The maximum Gasteiger partial charge on any atom is 0.138 e. The van der Waals surface area contributed by atoms with E-state index in [4.69, 9.17) is 9.63 Å². The van der Waals surface area contributed by atoms with Crippen molar-refractivity contribution in [2.24, 2.45) is 0 Å². The minimum absolute atomic E-state index is 0.215. The Kier molecular flexibility index (Phi) is 5.43. The van der Waals surface area contributed by atoms with Crippen LogP contribution in [0.2, 0.25) is 0 Å². The molecule has 0 unspecified atom stereocenters. The quantitative estimate of drug-likeness (QED) is 0.764. The average Bonchev–Trinajstić information content (AvgIpc) is 2.77. The van der Waals surface area contributed by atoms with Crippen molar-refractivity contribution in [2.45, 2.75) is 26.1 Å². The third kappa shape index (κ3) is 3.98. The summed E-state index contributed by atoms with van der Waals surface area (Å²) in [5.74, 6) is 3.31. The van der Waals surface area contributed by atoms with Crippen LogP contribution in [-0.2, 0) is 12.3 Å². The minimum atomic E-state index is 0.215. The lowest BCUT2D eigenvalue weighted by Gasteiger charge is -2.07. The number of hydrogen-bond acceptors (Lipinski definition) is 6. The highest BCUT2D eigenvalue weighted by Gasteiger charge is 2.08. The van der Waals surface area contributed by atoms with Crippen molar-refractivity contribution in [3.63, 3.8) is 0 Å². The number of aromatic nitrogens is 2. The number of anilines is 1. The predicted molar refractivity (Wildman–Crippen MR) is 80.8 cm³/mol. The number of hydrogen-bond donors (Lipinski definition) is 2. The average molecular weight is 293 g/mol. The van der Waals surface area contributed by atoms with E-state index in [2.05, 4.69) is 15.5 Å². The first-order valence-corrected chi connectivity index (χ1v) is 7.65. The molecule has 0 spiro atoms. The van der Waals surface area contributed by atoms with E-state index in [1.54, 1.807) is 18.0 Å². The summed E-state index contributed by atoms with van der Waals surface area (Å²) in [5.41, 5.74) is 3.18. The predicted octanol–water partition coefficient (Wildman–Crippen LogP) is 2.52. The second kappa shape index (κ2) is 7.31. The van der Waals surface area contributed by atoms with E-state index in [0.717, 1.165) is 34.3 Å². The molecule has 0 aliphatic carbocycles. The molecule has 20 heavy (non-hydrogen) atoms. The van der Waals surface area contributed by atoms with Crippen LogP contribution >= 0.6 is 11.8 Å². The molecule has 0 saturated heterocycles. The van der Waals surface area contributed by atoms with Gasteiger partial charge in [-0.2, -0.15) is 11.8 Å². The summed E-state index contributed by atoms with van der Waals surface area (Å²) in [7, 11) is 0. The molecule has 0 aliphatic rings. The van der Waals surface area contributed by atoms with E-state index in [-0.39, 0.29) is 6.61 Å². The Hall–Kier alpha value is -1.53. The number of aliphatic hydroxyl groups excluding tert-OH is 1. The van der Waals surface area contributed by atoms with Crippen LogP contribution in [0, 0.1) is 13.8 Å². The van der Waals surface area contributed by atoms with Crippen molar-refractivity contribution in [3.05, 3.63) is 40.9 Å². The highest BCUT2D eigenvalue weighted by molar-refractivity contribution is 7.98. The van der Waals surface area contributed by atoms with Gasteiger partial charge in [0.05, 0.1) is 12.3 Å². The molecule has 108 valence electrons. The van der Waals surface area contributed by atoms with Crippen LogP contribution in [0.4, 0.5) is 5.82 Å². The number of nitrogens with one attached hydrogen (secondary N) is 1. The SMILES string of the molecule is Cc1noc(C)c1CNc1cc(CSCCO)ccn1. The van der Waals surface area contributed by atoms with E-state index in [9.17, 15) is 0 Å². The zero-order chi connectivity index (χ0) is 14.4. The molecular formula is C14H19N3O2S. The number of aryl methyl sites for hydroxylation is 2. The number of aliphatic hydroxyl groups is 1. The van der Waals surface area contributed by atoms with Crippen LogP contribution < -0.4 is 5.32 Å². The number of thioether (sulfide) groups is 1. The van der Waals surface area contributed by atoms with Gasteiger partial charge in [0.25, 0.3) is 0 Å². The molecule has 6 heteroatoms. The van der Waals surface area contributed by atoms with Crippen molar-refractivity contribution in [3.8, 4) is 0 Å². The van der Waals surface area contributed by atoms with Gasteiger partial charge in [-0.3, -0.25) is 0 Å². The van der Waals surface area contributed by atoms with Crippen molar-refractivity contribution in [2.75, 3.05) is 17.7 Å². The Balaban J connectivity index is 1.94. The molecule has 2 heterocycles. The number of nitrogens with zero attached hydrogens (tertiary/aromatic N) is 2. The summed E-state index contributed by atoms with van der Waals surface area (Å²) in [6, 6.07) is 4.02. The van der Waals surface area contributed by atoms with Crippen molar-refractivity contribution >= 4 is 17.6 Å². The Morgan fingerprint density at radius 1 is 1.40 bits per heavy atom. The summed E-state index contributed by atoms with van der Waals surface area (Å²) in [4.78, 5) is 4.31. The summed E-state index contributed by atoms with van der Waals surface area (Å²) in [5, 5.41) is 16.0. The fraction of sp³-hybridized carbons (Fsp3) is 0.429. The first-order chi connectivity index (χ1) is 9.70. The van der Waals surface area contributed by atoms with E-state index in [0.29, 0.717) is 6.54 Å². The summed E-state index contributed by atoms with van der Waals surface area (Å²) in [6.07, 6.45) is 1.80. The minimum Gasteiger partial charge on any atom is -0.396 e. The van der Waals surface area contributed by atoms with Gasteiger partial charge < -0.3 is 14.9 Å². The first-order valence-electron chi connectivity index (χ1n) is 6.50. The van der Waals surface area contributed by atoms with Gasteiger partial charge in [-0.25, -0.2) is 4.98 Å². The van der Waals surface area contributed by atoms with Crippen molar-refractivity contribution in [1.82, 2.24) is 10.1 Å². The van der Waals surface area contributed by atoms with Gasteiger partial charge in [-0.15, -0.1) is 0 Å². The van der Waals surface area contributed by atoms with Crippen LogP contribution in [0.5, 0.6) is 0 Å². The van der Waals surface area contributed by atoms with E-state index in [1.165, 1.54) is 5.56 Å². The lowest BCUT2D eigenvalue weighted by atomic mass is 10.2. The fourth-order valence-electron chi connectivity index (χ4n) is 1.85. The lowest BCUT2D eigenvalue weighted by molar-refractivity contribution is 0.322. The van der Waals surface area contributed by atoms with Crippen LogP contribution in [0.25, 0.3) is 0 Å². The maximum atomic E-state index is 8.78. The molecule has 0 atom stereocenters. The monoisotopic (exact) mass is 293 g/mol. The Labute approximate surface area is 122 Å². The van der Waals surface area contributed by atoms with Crippen molar-refractivity contribution in [1.29, 1.82) is 0 Å². The zero-order valence-corrected chi connectivity index (χ0v) is 12.5. The molecule has 0 saturated carbocycles. The molecule has 2 aromatic rings. The topological polar surface area (TPSA) is 71.2 Å². The Morgan fingerprint density at radius 3 is 2.95 bits per heavy atom. The smallest absolute Gasteiger partial charge is 0.138 e. The molecule has 0 fully saturated rings. The molecule has 5 nitrogen and oxygen atoms in total. The lowest BCUT2D eigenvalue weighted by Crippen LogP contribution is -2.03. The van der Waals surface area contributed by atoms with Gasteiger partial charge in [0.2, 0.25) is 0 Å². The normalized spacial score (nSPS) is 10.8. The molecular weight excluding hydrogens is 274 g/mol. The summed E-state index contributed by atoms with van der Waals surface area (Å²) >= 11 is 1.71. The van der Waals surface area contributed by atoms with Gasteiger partial charge in [0.1, 0.15) is 11.6 Å². The Bertz CT molecular complexity index is 538. The second-order valence-electron chi connectivity index (χ2n) is 4.48. The maximum absolute atomic E-state index is 8.78. The molecule has 2 N–H and O–H groups in total. The van der Waals surface area contributed by atoms with E-state index >= 15 is 0 Å². The fourth-order valence-corrected chi connectivity index (χ4v) is 2.54. The highest BCUT2D eigenvalue weighted by Crippen LogP contribution is 2.17. The third-order valence-corrected chi connectivity index (χ3v) is 3.96. The van der Waals surface area contributed by atoms with Crippen LogP contribution in [0.1, 0.15) is 22.6 Å². The molecule has 0 aromatic carbocycles. The zero-order valence-electron chi connectivity index (χ0n) is 11.7. The number of pyridine rings is 1. The standard InChI is InChI=1S/C14H19N3O2S/c1-10-13(11(2)19-17-10)8-16-14-7-12(3-4-15-14)9-20-6-5-18/h3-4,7,18H,5-6,8-9H2,1-2H3,(H,15,16). The van der Waals surface area contributed by atoms with Gasteiger partial charge in [0, 0.05) is 29.8 Å². The van der Waals surface area contributed by atoms with Gasteiger partial charge in [-0.05, 0) is 31.5 Å². The molecule has 2 rings (SSSR count). The first kappa shape index (κ1) is 14.9. The van der Waals surface area contributed by atoms with Gasteiger partial charge >= 0.3 is 0 Å². The molecule has 0 amide bonds. The molecule has 0 radical (unpaired) electrons. The molecule has 0 aliphatic heterocycles. The molecule has 0 bridgehead atoms. The Morgan fingerprint density at radius 2 is 2.25 bits per heavy atom. The summed E-state index contributed by atoms with van der Waals surface area (Å²) < 4.78 is 5.14. The largest absolute Gasteiger partial charge is 0.396 e. The second-order valence-corrected chi connectivity index (χ2v) is 5.59. The molecule has 2 aromatic heterocycles. The highest BCUT2D eigenvalue weighted by atomic mass is 32.2. The van der Waals surface area contributed by atoms with Gasteiger partial charge in [0.15, 0.2) is 0 Å². The third-order valence-electron chi connectivity index (χ3n) is 2.96. The van der Waals surface area contributed by atoms with E-state index in [1.807, 2.05) is 26.0 Å². The number of rotatable bonds is 7. The van der Waals surface area contributed by atoms with Crippen LogP contribution in [0.3, 0.4) is 0 Å². The van der Waals surface area contributed by atoms with E-state index < -0.39 is 0 Å².